The molecule has 10 heteroatoms. The average Bonchev–Trinajstić information content (AvgIpc) is 3.32. The summed E-state index contributed by atoms with van der Waals surface area (Å²) in [5.41, 5.74) is 8.53. The second kappa shape index (κ2) is 11.5. The van der Waals surface area contributed by atoms with Crippen LogP contribution in [0, 0.1) is 11.5 Å². The molecule has 1 aliphatic rings. The zero-order chi connectivity index (χ0) is 29.3. The van der Waals surface area contributed by atoms with E-state index < -0.39 is 32.0 Å². The standard InChI is InChI=1S/C31H31BrN4O4Si/c1-6-40-31-33-17-21(18-34-31)19-7-9-20(10-8-19)29-28-24(23-15-22(32)11-12-25(23)35-28)16-26(30(38)39-2)36(29)27(37)13-14-41(3,4)5/h7-12,15,17-18,26,29,35H,6,16H2,1-5H3. The minimum Gasteiger partial charge on any atom is -0.467 e. The number of aromatic amines is 1. The van der Waals surface area contributed by atoms with Gasteiger partial charge in [0, 0.05) is 45.4 Å². The second-order valence-corrected chi connectivity index (χ2v) is 16.5. The number of nitrogens with one attached hydrogen (secondary N) is 1. The smallest absolute Gasteiger partial charge is 0.328 e. The molecule has 41 heavy (non-hydrogen) atoms. The third-order valence-electron chi connectivity index (χ3n) is 6.90. The fraction of sp³-hybridized carbons (Fsp3) is 0.290. The van der Waals surface area contributed by atoms with Gasteiger partial charge in [-0.25, -0.2) is 14.8 Å². The number of rotatable bonds is 5. The van der Waals surface area contributed by atoms with E-state index in [2.05, 4.69) is 62.0 Å². The Balaban J connectivity index is 1.65. The molecule has 0 radical (unpaired) electrons. The Morgan fingerprint density at radius 3 is 2.44 bits per heavy atom. The predicted molar refractivity (Wildman–Crippen MR) is 164 cm³/mol. The number of carbonyl (C=O) groups is 2. The van der Waals surface area contributed by atoms with Crippen LogP contribution in [0.3, 0.4) is 0 Å². The molecule has 1 amide bonds. The molecule has 1 aliphatic heterocycles. The maximum atomic E-state index is 13.8. The van der Waals surface area contributed by atoms with Crippen LogP contribution in [0.25, 0.3) is 22.0 Å². The molecule has 2 atom stereocenters. The van der Waals surface area contributed by atoms with Crippen LogP contribution < -0.4 is 4.74 Å². The molecule has 0 saturated carbocycles. The Bertz CT molecular complexity index is 1670. The van der Waals surface area contributed by atoms with E-state index in [9.17, 15) is 9.59 Å². The number of methoxy groups -OCH3 is 1. The summed E-state index contributed by atoms with van der Waals surface area (Å²) in [7, 11) is -0.510. The van der Waals surface area contributed by atoms with Crippen molar-refractivity contribution in [3.63, 3.8) is 0 Å². The maximum Gasteiger partial charge on any atom is 0.328 e. The van der Waals surface area contributed by atoms with Crippen molar-refractivity contribution < 1.29 is 19.1 Å². The van der Waals surface area contributed by atoms with Gasteiger partial charge in [-0.2, -0.15) is 0 Å². The molecule has 2 aromatic heterocycles. The summed E-state index contributed by atoms with van der Waals surface area (Å²) in [6.07, 6.45) is 3.75. The summed E-state index contributed by atoms with van der Waals surface area (Å²) >= 11 is 3.58. The lowest BCUT2D eigenvalue weighted by Gasteiger charge is -2.40. The first-order valence-corrected chi connectivity index (χ1v) is 17.7. The van der Waals surface area contributed by atoms with Gasteiger partial charge in [-0.15, -0.1) is 5.54 Å². The van der Waals surface area contributed by atoms with E-state index in [0.29, 0.717) is 19.0 Å². The van der Waals surface area contributed by atoms with Gasteiger partial charge in [-0.1, -0.05) is 59.8 Å². The molecule has 0 bridgehead atoms. The zero-order valence-electron chi connectivity index (χ0n) is 23.6. The molecular weight excluding hydrogens is 600 g/mol. The first-order chi connectivity index (χ1) is 19.6. The summed E-state index contributed by atoms with van der Waals surface area (Å²) in [6, 6.07) is 12.8. The van der Waals surface area contributed by atoms with Gasteiger partial charge >= 0.3 is 12.0 Å². The van der Waals surface area contributed by atoms with E-state index in [1.165, 1.54) is 7.11 Å². The van der Waals surface area contributed by atoms with Crippen molar-refractivity contribution >= 4 is 46.8 Å². The topological polar surface area (TPSA) is 97.4 Å². The number of aromatic nitrogens is 3. The number of hydrogen-bond donors (Lipinski definition) is 1. The number of halogens is 1. The second-order valence-electron chi connectivity index (χ2n) is 10.9. The lowest BCUT2D eigenvalue weighted by atomic mass is 9.87. The van der Waals surface area contributed by atoms with Crippen LogP contribution in [0.15, 0.2) is 59.3 Å². The van der Waals surface area contributed by atoms with Crippen molar-refractivity contribution in [2.45, 2.75) is 45.1 Å². The van der Waals surface area contributed by atoms with Gasteiger partial charge in [-0.05, 0) is 47.7 Å². The third kappa shape index (κ3) is 5.92. The molecule has 8 nitrogen and oxygen atoms in total. The molecule has 0 saturated heterocycles. The number of esters is 1. The molecule has 0 spiro atoms. The molecule has 0 fully saturated rings. The molecule has 3 heterocycles. The number of amides is 1. The Kier molecular flexibility index (Phi) is 8.02. The first-order valence-electron chi connectivity index (χ1n) is 13.4. The maximum absolute atomic E-state index is 13.8. The third-order valence-corrected chi connectivity index (χ3v) is 8.27. The highest BCUT2D eigenvalue weighted by Crippen LogP contribution is 2.42. The van der Waals surface area contributed by atoms with Crippen molar-refractivity contribution in [1.82, 2.24) is 19.9 Å². The summed E-state index contributed by atoms with van der Waals surface area (Å²) in [6.45, 7) is 8.61. The minimum absolute atomic E-state index is 0.316. The lowest BCUT2D eigenvalue weighted by molar-refractivity contribution is -0.153. The van der Waals surface area contributed by atoms with Gasteiger partial charge in [0.25, 0.3) is 5.91 Å². The van der Waals surface area contributed by atoms with E-state index >= 15 is 0 Å². The van der Waals surface area contributed by atoms with Crippen LogP contribution in [0.4, 0.5) is 0 Å². The van der Waals surface area contributed by atoms with Crippen LogP contribution in [0.2, 0.25) is 19.6 Å². The quantitative estimate of drug-likeness (QED) is 0.173. The van der Waals surface area contributed by atoms with Gasteiger partial charge in [0.05, 0.1) is 19.8 Å². The van der Waals surface area contributed by atoms with Crippen LogP contribution >= 0.6 is 15.9 Å². The summed E-state index contributed by atoms with van der Waals surface area (Å²) in [4.78, 5) is 40.7. The van der Waals surface area contributed by atoms with Crippen LogP contribution in [-0.4, -0.2) is 59.6 Å². The molecule has 210 valence electrons. The van der Waals surface area contributed by atoms with Gasteiger partial charge in [0.2, 0.25) is 0 Å². The molecule has 5 rings (SSSR count). The van der Waals surface area contributed by atoms with E-state index in [0.717, 1.165) is 43.3 Å². The van der Waals surface area contributed by atoms with Crippen LogP contribution in [0.1, 0.15) is 29.8 Å². The minimum atomic E-state index is -1.86. The SMILES string of the molecule is CCOc1ncc(-c2ccc(C3c4[nH]c5ccc(Br)cc5c4CC(C(=O)OC)N3C(=O)C#C[Si](C)(C)C)cc2)cn1. The van der Waals surface area contributed by atoms with E-state index in [1.54, 1.807) is 17.3 Å². The van der Waals surface area contributed by atoms with Crippen LogP contribution in [-0.2, 0) is 20.7 Å². The molecule has 1 N–H and O–H groups in total. The Morgan fingerprint density at radius 1 is 1.10 bits per heavy atom. The van der Waals surface area contributed by atoms with Gasteiger partial charge in [-0.3, -0.25) is 4.79 Å². The van der Waals surface area contributed by atoms with Gasteiger partial charge < -0.3 is 19.4 Å². The number of nitrogens with zero attached hydrogens (tertiary/aromatic N) is 3. The van der Waals surface area contributed by atoms with Gasteiger partial charge in [0.15, 0.2) is 0 Å². The highest BCUT2D eigenvalue weighted by Gasteiger charge is 2.44. The van der Waals surface area contributed by atoms with Crippen molar-refractivity contribution in [3.8, 4) is 28.6 Å². The van der Waals surface area contributed by atoms with E-state index in [1.807, 2.05) is 49.4 Å². The highest BCUT2D eigenvalue weighted by atomic mass is 79.9. The Morgan fingerprint density at radius 2 is 1.80 bits per heavy atom. The number of ether oxygens (including phenoxy) is 2. The molecule has 4 aromatic rings. The van der Waals surface area contributed by atoms with E-state index in [-0.39, 0.29) is 0 Å². The number of fused-ring (bicyclic) bond motifs is 3. The van der Waals surface area contributed by atoms with Crippen molar-refractivity contribution in [1.29, 1.82) is 0 Å². The number of benzene rings is 2. The first kappa shape index (κ1) is 28.6. The van der Waals surface area contributed by atoms with Crippen molar-refractivity contribution in [2.24, 2.45) is 0 Å². The van der Waals surface area contributed by atoms with Crippen molar-refractivity contribution in [3.05, 3.63) is 76.2 Å². The highest BCUT2D eigenvalue weighted by molar-refractivity contribution is 9.10. The Hall–Kier alpha value is -3.94. The molecular formula is C31H31BrN4O4Si. The van der Waals surface area contributed by atoms with E-state index in [4.69, 9.17) is 9.47 Å². The zero-order valence-corrected chi connectivity index (χ0v) is 26.2. The molecule has 2 aromatic carbocycles. The molecule has 2 unspecified atom stereocenters. The van der Waals surface area contributed by atoms with Crippen LogP contribution in [0.5, 0.6) is 6.01 Å². The number of carbonyl (C=O) groups excluding carboxylic acids is 2. The monoisotopic (exact) mass is 630 g/mol. The summed E-state index contributed by atoms with van der Waals surface area (Å²) in [5, 5.41) is 0.997. The summed E-state index contributed by atoms with van der Waals surface area (Å²) in [5.74, 6) is 1.99. The average molecular weight is 632 g/mol. The lowest BCUT2D eigenvalue weighted by Crippen LogP contribution is -2.51. The number of hydrogen-bond acceptors (Lipinski definition) is 6. The summed E-state index contributed by atoms with van der Waals surface area (Å²) < 4.78 is 11.5. The number of H-pyrrole nitrogens is 1. The fourth-order valence-electron chi connectivity index (χ4n) is 5.06. The molecule has 0 aliphatic carbocycles. The largest absolute Gasteiger partial charge is 0.467 e. The van der Waals surface area contributed by atoms with Crippen molar-refractivity contribution in [2.75, 3.05) is 13.7 Å². The Labute approximate surface area is 248 Å². The normalized spacial score (nSPS) is 16.5. The van der Waals surface area contributed by atoms with Gasteiger partial charge in [0.1, 0.15) is 14.1 Å². The fourth-order valence-corrected chi connectivity index (χ4v) is 5.90. The predicted octanol–water partition coefficient (Wildman–Crippen LogP) is 5.68.